The number of carbonyl (C=O) groups excluding carboxylic acids is 1. The Morgan fingerprint density at radius 2 is 1.88 bits per heavy atom. The molecule has 88 valence electrons. The van der Waals surface area contributed by atoms with Gasteiger partial charge in [-0.1, -0.05) is 11.6 Å². The van der Waals surface area contributed by atoms with Gasteiger partial charge in [0.15, 0.2) is 0 Å². The molecule has 0 aliphatic heterocycles. The van der Waals surface area contributed by atoms with Gasteiger partial charge in [-0.3, -0.25) is 4.79 Å². The second-order valence-electron chi connectivity index (χ2n) is 3.79. The summed E-state index contributed by atoms with van der Waals surface area (Å²) >= 11 is 5.94. The highest BCUT2D eigenvalue weighted by Crippen LogP contribution is 2.19. The van der Waals surface area contributed by atoms with Crippen molar-refractivity contribution in [3.05, 3.63) is 33.8 Å². The standard InChI is InChI=1S/C12H17ClN2O/c1-8-4-10(13)5-9(2)11(8)6-15-7-12(16)14-3/h4-5,15H,6-7H2,1-3H3,(H,14,16). The zero-order valence-electron chi connectivity index (χ0n) is 9.86. The molecule has 0 bridgehead atoms. The first-order valence-electron chi connectivity index (χ1n) is 5.21. The molecule has 0 heterocycles. The van der Waals surface area contributed by atoms with E-state index in [1.54, 1.807) is 7.05 Å². The summed E-state index contributed by atoms with van der Waals surface area (Å²) in [6, 6.07) is 3.87. The molecule has 16 heavy (non-hydrogen) atoms. The van der Waals surface area contributed by atoms with E-state index < -0.39 is 0 Å². The van der Waals surface area contributed by atoms with E-state index in [0.29, 0.717) is 13.1 Å². The van der Waals surface area contributed by atoms with Gasteiger partial charge in [0.05, 0.1) is 6.54 Å². The first kappa shape index (κ1) is 13.0. The van der Waals surface area contributed by atoms with Crippen LogP contribution in [-0.4, -0.2) is 19.5 Å². The van der Waals surface area contributed by atoms with Crippen LogP contribution in [0.1, 0.15) is 16.7 Å². The summed E-state index contributed by atoms with van der Waals surface area (Å²) < 4.78 is 0. The van der Waals surface area contributed by atoms with Crippen LogP contribution < -0.4 is 10.6 Å². The summed E-state index contributed by atoms with van der Waals surface area (Å²) in [4.78, 5) is 11.0. The number of hydrogen-bond donors (Lipinski definition) is 2. The van der Waals surface area contributed by atoms with Crippen molar-refractivity contribution in [1.82, 2.24) is 10.6 Å². The molecule has 0 aliphatic carbocycles. The quantitative estimate of drug-likeness (QED) is 0.843. The fraction of sp³-hybridized carbons (Fsp3) is 0.417. The topological polar surface area (TPSA) is 41.1 Å². The summed E-state index contributed by atoms with van der Waals surface area (Å²) in [5.41, 5.74) is 3.50. The normalized spacial score (nSPS) is 10.2. The summed E-state index contributed by atoms with van der Waals surface area (Å²) in [5, 5.41) is 6.42. The van der Waals surface area contributed by atoms with Crippen molar-refractivity contribution in [2.75, 3.05) is 13.6 Å². The second-order valence-corrected chi connectivity index (χ2v) is 4.23. The van der Waals surface area contributed by atoms with Gasteiger partial charge in [0.25, 0.3) is 0 Å². The molecule has 1 rings (SSSR count). The molecule has 0 fully saturated rings. The maximum atomic E-state index is 11.0. The van der Waals surface area contributed by atoms with Gasteiger partial charge in [0.1, 0.15) is 0 Å². The van der Waals surface area contributed by atoms with E-state index in [9.17, 15) is 4.79 Å². The van der Waals surface area contributed by atoms with E-state index in [1.165, 1.54) is 5.56 Å². The Morgan fingerprint density at radius 3 is 2.38 bits per heavy atom. The predicted molar refractivity (Wildman–Crippen MR) is 66.7 cm³/mol. The number of likely N-dealkylation sites (N-methyl/N-ethyl adjacent to an activating group) is 1. The Labute approximate surface area is 101 Å². The molecule has 0 aliphatic rings. The second kappa shape index (κ2) is 5.87. The molecule has 3 nitrogen and oxygen atoms in total. The van der Waals surface area contributed by atoms with Crippen molar-refractivity contribution >= 4 is 17.5 Å². The minimum absolute atomic E-state index is 0.00994. The highest BCUT2D eigenvalue weighted by Gasteiger charge is 2.05. The number of rotatable bonds is 4. The molecular formula is C12H17ClN2O. The zero-order valence-corrected chi connectivity index (χ0v) is 10.6. The highest BCUT2D eigenvalue weighted by atomic mass is 35.5. The molecule has 0 saturated heterocycles. The van der Waals surface area contributed by atoms with Gasteiger partial charge >= 0.3 is 0 Å². The third-order valence-corrected chi connectivity index (χ3v) is 2.75. The highest BCUT2D eigenvalue weighted by molar-refractivity contribution is 6.30. The number of halogens is 1. The SMILES string of the molecule is CNC(=O)CNCc1c(C)cc(Cl)cc1C. The largest absolute Gasteiger partial charge is 0.358 e. The molecule has 0 saturated carbocycles. The van der Waals surface area contributed by atoms with Crippen LogP contribution in [0.2, 0.25) is 5.02 Å². The number of aryl methyl sites for hydroxylation is 2. The van der Waals surface area contributed by atoms with Crippen molar-refractivity contribution in [3.8, 4) is 0 Å². The van der Waals surface area contributed by atoms with Crippen molar-refractivity contribution in [1.29, 1.82) is 0 Å². The van der Waals surface area contributed by atoms with Crippen LogP contribution in [0.4, 0.5) is 0 Å². The van der Waals surface area contributed by atoms with E-state index in [-0.39, 0.29) is 5.91 Å². The van der Waals surface area contributed by atoms with Crippen LogP contribution in [0, 0.1) is 13.8 Å². The molecule has 0 unspecified atom stereocenters. The van der Waals surface area contributed by atoms with Gasteiger partial charge in [-0.2, -0.15) is 0 Å². The molecule has 0 aromatic heterocycles. The zero-order chi connectivity index (χ0) is 12.1. The number of carbonyl (C=O) groups is 1. The summed E-state index contributed by atoms with van der Waals surface area (Å²) in [5.74, 6) is -0.00994. The van der Waals surface area contributed by atoms with Gasteiger partial charge in [-0.05, 0) is 42.7 Å². The average Bonchev–Trinajstić information content (AvgIpc) is 2.21. The molecule has 2 N–H and O–H groups in total. The lowest BCUT2D eigenvalue weighted by molar-refractivity contribution is -0.119. The lowest BCUT2D eigenvalue weighted by atomic mass is 10.0. The Morgan fingerprint density at radius 1 is 1.31 bits per heavy atom. The first-order valence-corrected chi connectivity index (χ1v) is 5.59. The van der Waals surface area contributed by atoms with Gasteiger partial charge in [-0.25, -0.2) is 0 Å². The Hall–Kier alpha value is -1.06. The van der Waals surface area contributed by atoms with Gasteiger partial charge in [0, 0.05) is 18.6 Å². The van der Waals surface area contributed by atoms with Crippen molar-refractivity contribution < 1.29 is 4.79 Å². The maximum Gasteiger partial charge on any atom is 0.233 e. The number of amides is 1. The monoisotopic (exact) mass is 240 g/mol. The third kappa shape index (κ3) is 3.51. The number of hydrogen-bond acceptors (Lipinski definition) is 2. The molecule has 1 aromatic carbocycles. The van der Waals surface area contributed by atoms with E-state index in [4.69, 9.17) is 11.6 Å². The molecule has 1 amide bonds. The van der Waals surface area contributed by atoms with Crippen LogP contribution in [0.5, 0.6) is 0 Å². The minimum Gasteiger partial charge on any atom is -0.358 e. The Kier molecular flexibility index (Phi) is 4.77. The molecule has 0 radical (unpaired) electrons. The molecule has 1 aromatic rings. The summed E-state index contributed by atoms with van der Waals surface area (Å²) in [6.45, 7) is 5.06. The lowest BCUT2D eigenvalue weighted by Gasteiger charge is -2.11. The van der Waals surface area contributed by atoms with Crippen molar-refractivity contribution in [2.45, 2.75) is 20.4 Å². The Balaban J connectivity index is 2.64. The molecule has 4 heteroatoms. The van der Waals surface area contributed by atoms with Crippen molar-refractivity contribution in [3.63, 3.8) is 0 Å². The first-order chi connectivity index (χ1) is 7.54. The van der Waals surface area contributed by atoms with Gasteiger partial charge in [-0.15, -0.1) is 0 Å². The van der Waals surface area contributed by atoms with E-state index in [2.05, 4.69) is 10.6 Å². The third-order valence-electron chi connectivity index (χ3n) is 2.53. The molecular weight excluding hydrogens is 224 g/mol. The molecule has 0 spiro atoms. The van der Waals surface area contributed by atoms with E-state index in [0.717, 1.165) is 16.1 Å². The summed E-state index contributed by atoms with van der Waals surface area (Å²) in [6.07, 6.45) is 0. The maximum absolute atomic E-state index is 11.0. The summed E-state index contributed by atoms with van der Waals surface area (Å²) in [7, 11) is 1.63. The Bertz CT molecular complexity index is 368. The van der Waals surface area contributed by atoms with E-state index >= 15 is 0 Å². The number of nitrogens with one attached hydrogen (secondary N) is 2. The van der Waals surface area contributed by atoms with Gasteiger partial charge in [0.2, 0.25) is 5.91 Å². The lowest BCUT2D eigenvalue weighted by Crippen LogP contribution is -2.31. The van der Waals surface area contributed by atoms with Crippen LogP contribution in [0.3, 0.4) is 0 Å². The predicted octanol–water partition coefficient (Wildman–Crippen LogP) is 1.79. The average molecular weight is 241 g/mol. The van der Waals surface area contributed by atoms with Crippen LogP contribution in [0.25, 0.3) is 0 Å². The van der Waals surface area contributed by atoms with Crippen molar-refractivity contribution in [2.24, 2.45) is 0 Å². The van der Waals surface area contributed by atoms with Crippen LogP contribution in [-0.2, 0) is 11.3 Å². The molecule has 0 atom stereocenters. The minimum atomic E-state index is -0.00994. The van der Waals surface area contributed by atoms with Crippen LogP contribution in [0.15, 0.2) is 12.1 Å². The fourth-order valence-corrected chi connectivity index (χ4v) is 1.94. The smallest absolute Gasteiger partial charge is 0.233 e. The fourth-order valence-electron chi connectivity index (χ4n) is 1.61. The van der Waals surface area contributed by atoms with Crippen LogP contribution >= 0.6 is 11.6 Å². The number of benzene rings is 1. The van der Waals surface area contributed by atoms with E-state index in [1.807, 2.05) is 26.0 Å². The van der Waals surface area contributed by atoms with Gasteiger partial charge < -0.3 is 10.6 Å².